The molecule has 2 aliphatic rings. The molecule has 21 heavy (non-hydrogen) atoms. The van der Waals surface area contributed by atoms with E-state index in [-0.39, 0.29) is 17.4 Å². The molecule has 0 aliphatic carbocycles. The molecule has 2 amide bonds. The smallest absolute Gasteiger partial charge is 0.256 e. The molecule has 2 N–H and O–H groups in total. The Morgan fingerprint density at radius 3 is 2.90 bits per heavy atom. The molecule has 5 nitrogen and oxygen atoms in total. The zero-order valence-electron chi connectivity index (χ0n) is 11.7. The molecular formula is C15H18FN3O2. The van der Waals surface area contributed by atoms with Gasteiger partial charge in [0, 0.05) is 31.7 Å². The molecule has 0 atom stereocenters. The van der Waals surface area contributed by atoms with Crippen molar-refractivity contribution in [1.82, 2.24) is 10.2 Å². The van der Waals surface area contributed by atoms with Gasteiger partial charge in [0.2, 0.25) is 5.91 Å². The molecule has 1 aromatic rings. The van der Waals surface area contributed by atoms with Gasteiger partial charge in [-0.3, -0.25) is 9.59 Å². The van der Waals surface area contributed by atoms with Crippen LogP contribution in [0.2, 0.25) is 0 Å². The van der Waals surface area contributed by atoms with Crippen molar-refractivity contribution in [1.29, 1.82) is 0 Å². The Morgan fingerprint density at radius 2 is 2.05 bits per heavy atom. The van der Waals surface area contributed by atoms with E-state index in [0.29, 0.717) is 31.6 Å². The van der Waals surface area contributed by atoms with Gasteiger partial charge in [-0.25, -0.2) is 4.39 Å². The lowest BCUT2D eigenvalue weighted by Gasteiger charge is -2.22. The lowest BCUT2D eigenvalue weighted by atomic mass is 9.99. The van der Waals surface area contributed by atoms with Crippen molar-refractivity contribution in [3.8, 4) is 0 Å². The lowest BCUT2D eigenvalue weighted by Crippen LogP contribution is -2.35. The molecule has 0 unspecified atom stereocenters. The fourth-order valence-corrected chi connectivity index (χ4v) is 2.79. The van der Waals surface area contributed by atoms with Crippen LogP contribution < -0.4 is 10.6 Å². The maximum absolute atomic E-state index is 14.2. The SMILES string of the molecule is O=C1CCc2cc(C(=O)N3CCCNCC3)c(F)cc2N1. The molecule has 1 fully saturated rings. The van der Waals surface area contributed by atoms with Crippen LogP contribution >= 0.6 is 0 Å². The Kier molecular flexibility index (Phi) is 3.88. The molecule has 2 heterocycles. The van der Waals surface area contributed by atoms with Crippen molar-refractivity contribution in [2.75, 3.05) is 31.5 Å². The Hall–Kier alpha value is -1.95. The number of nitrogens with one attached hydrogen (secondary N) is 2. The van der Waals surface area contributed by atoms with Gasteiger partial charge in [0.15, 0.2) is 0 Å². The van der Waals surface area contributed by atoms with Gasteiger partial charge >= 0.3 is 0 Å². The quantitative estimate of drug-likeness (QED) is 0.816. The third kappa shape index (κ3) is 2.90. The average Bonchev–Trinajstić information content (AvgIpc) is 2.74. The summed E-state index contributed by atoms with van der Waals surface area (Å²) < 4.78 is 14.2. The number of nitrogens with zero attached hydrogens (tertiary/aromatic N) is 1. The van der Waals surface area contributed by atoms with Crippen LogP contribution in [-0.2, 0) is 11.2 Å². The van der Waals surface area contributed by atoms with E-state index in [2.05, 4.69) is 10.6 Å². The summed E-state index contributed by atoms with van der Waals surface area (Å²) in [5.74, 6) is -0.950. The fourth-order valence-electron chi connectivity index (χ4n) is 2.79. The van der Waals surface area contributed by atoms with Crippen LogP contribution in [0.25, 0.3) is 0 Å². The molecule has 6 heteroatoms. The van der Waals surface area contributed by atoms with Crippen LogP contribution in [-0.4, -0.2) is 42.9 Å². The summed E-state index contributed by atoms with van der Waals surface area (Å²) in [7, 11) is 0. The molecule has 3 rings (SSSR count). The van der Waals surface area contributed by atoms with E-state index in [1.165, 1.54) is 6.07 Å². The predicted octanol–water partition coefficient (Wildman–Crippen LogP) is 1.15. The number of aryl methyl sites for hydroxylation is 1. The van der Waals surface area contributed by atoms with Crippen LogP contribution in [0.5, 0.6) is 0 Å². The van der Waals surface area contributed by atoms with Gasteiger partial charge in [-0.15, -0.1) is 0 Å². The monoisotopic (exact) mass is 291 g/mol. The third-order valence-electron chi connectivity index (χ3n) is 3.95. The molecule has 0 bridgehead atoms. The highest BCUT2D eigenvalue weighted by molar-refractivity contribution is 5.98. The summed E-state index contributed by atoms with van der Waals surface area (Å²) in [5, 5.41) is 5.86. The molecule has 2 aliphatic heterocycles. The first-order chi connectivity index (χ1) is 10.1. The highest BCUT2D eigenvalue weighted by atomic mass is 19.1. The second-order valence-electron chi connectivity index (χ2n) is 5.43. The van der Waals surface area contributed by atoms with Gasteiger partial charge in [-0.05, 0) is 37.1 Å². The summed E-state index contributed by atoms with van der Waals surface area (Å²) >= 11 is 0. The second kappa shape index (κ2) is 5.81. The summed E-state index contributed by atoms with van der Waals surface area (Å²) in [5.41, 5.74) is 1.41. The van der Waals surface area contributed by atoms with Crippen molar-refractivity contribution >= 4 is 17.5 Å². The standard InChI is InChI=1S/C15H18FN3O2/c16-12-9-13-10(2-3-14(20)18-13)8-11(12)15(21)19-6-1-4-17-5-7-19/h8-9,17H,1-7H2,(H,18,20). The maximum Gasteiger partial charge on any atom is 0.256 e. The first-order valence-corrected chi connectivity index (χ1v) is 7.27. The summed E-state index contributed by atoms with van der Waals surface area (Å²) in [4.78, 5) is 25.5. The minimum Gasteiger partial charge on any atom is -0.337 e. The molecular weight excluding hydrogens is 273 g/mol. The number of anilines is 1. The number of hydrogen-bond acceptors (Lipinski definition) is 3. The summed E-state index contributed by atoms with van der Waals surface area (Å²) in [6.07, 6.45) is 1.79. The van der Waals surface area contributed by atoms with Crippen molar-refractivity contribution in [2.45, 2.75) is 19.3 Å². The Balaban J connectivity index is 1.87. The average molecular weight is 291 g/mol. The second-order valence-corrected chi connectivity index (χ2v) is 5.43. The van der Waals surface area contributed by atoms with Crippen LogP contribution in [0.3, 0.4) is 0 Å². The van der Waals surface area contributed by atoms with Gasteiger partial charge in [-0.2, -0.15) is 0 Å². The van der Waals surface area contributed by atoms with Gasteiger partial charge in [0.1, 0.15) is 5.82 Å². The first kappa shape index (κ1) is 14.0. The van der Waals surface area contributed by atoms with Crippen LogP contribution in [0, 0.1) is 5.82 Å². The first-order valence-electron chi connectivity index (χ1n) is 7.27. The highest BCUT2D eigenvalue weighted by Crippen LogP contribution is 2.26. The number of carbonyl (C=O) groups is 2. The number of halogens is 1. The zero-order chi connectivity index (χ0) is 14.8. The molecule has 112 valence electrons. The van der Waals surface area contributed by atoms with Gasteiger partial charge in [0.05, 0.1) is 5.56 Å². The number of hydrogen-bond donors (Lipinski definition) is 2. The van der Waals surface area contributed by atoms with E-state index in [1.807, 2.05) is 0 Å². The molecule has 0 aromatic heterocycles. The minimum atomic E-state index is -0.571. The largest absolute Gasteiger partial charge is 0.337 e. The topological polar surface area (TPSA) is 61.4 Å². The molecule has 0 radical (unpaired) electrons. The van der Waals surface area contributed by atoms with Crippen molar-refractivity contribution in [3.63, 3.8) is 0 Å². The van der Waals surface area contributed by atoms with Crippen LogP contribution in [0.15, 0.2) is 12.1 Å². The number of amides is 2. The fraction of sp³-hybridized carbons (Fsp3) is 0.467. The van der Waals surface area contributed by atoms with E-state index >= 15 is 0 Å². The van der Waals surface area contributed by atoms with Gasteiger partial charge in [-0.1, -0.05) is 0 Å². The van der Waals surface area contributed by atoms with E-state index in [9.17, 15) is 14.0 Å². The van der Waals surface area contributed by atoms with Gasteiger partial charge < -0.3 is 15.5 Å². The molecule has 0 saturated carbocycles. The summed E-state index contributed by atoms with van der Waals surface area (Å²) in [6.45, 7) is 2.84. The Morgan fingerprint density at radius 1 is 1.19 bits per heavy atom. The van der Waals surface area contributed by atoms with Crippen molar-refractivity contribution in [3.05, 3.63) is 29.1 Å². The zero-order valence-corrected chi connectivity index (χ0v) is 11.7. The third-order valence-corrected chi connectivity index (χ3v) is 3.95. The number of rotatable bonds is 1. The van der Waals surface area contributed by atoms with Gasteiger partial charge in [0.25, 0.3) is 5.91 Å². The summed E-state index contributed by atoms with van der Waals surface area (Å²) in [6, 6.07) is 2.85. The highest BCUT2D eigenvalue weighted by Gasteiger charge is 2.24. The van der Waals surface area contributed by atoms with Crippen molar-refractivity contribution < 1.29 is 14.0 Å². The maximum atomic E-state index is 14.2. The van der Waals surface area contributed by atoms with E-state index in [0.717, 1.165) is 25.1 Å². The normalized spacial score (nSPS) is 18.7. The minimum absolute atomic E-state index is 0.104. The Labute approximate surface area is 122 Å². The van der Waals surface area contributed by atoms with Crippen molar-refractivity contribution in [2.24, 2.45) is 0 Å². The lowest BCUT2D eigenvalue weighted by molar-refractivity contribution is -0.116. The van der Waals surface area contributed by atoms with Crippen LogP contribution in [0.1, 0.15) is 28.8 Å². The van der Waals surface area contributed by atoms with E-state index in [4.69, 9.17) is 0 Å². The number of carbonyl (C=O) groups excluding carboxylic acids is 2. The predicted molar refractivity (Wildman–Crippen MR) is 76.7 cm³/mol. The Bertz CT molecular complexity index is 581. The van der Waals surface area contributed by atoms with E-state index < -0.39 is 5.82 Å². The van der Waals surface area contributed by atoms with E-state index in [1.54, 1.807) is 11.0 Å². The number of benzene rings is 1. The molecule has 1 saturated heterocycles. The molecule has 0 spiro atoms. The molecule has 1 aromatic carbocycles. The number of fused-ring (bicyclic) bond motifs is 1. The van der Waals surface area contributed by atoms with Crippen LogP contribution in [0.4, 0.5) is 10.1 Å².